The van der Waals surface area contributed by atoms with E-state index in [0.29, 0.717) is 52.3 Å². The molecule has 1 aromatic carbocycles. The van der Waals surface area contributed by atoms with Gasteiger partial charge in [0.25, 0.3) is 5.91 Å². The fourth-order valence-corrected chi connectivity index (χ4v) is 5.39. The molecule has 1 N–H and O–H groups in total. The number of halogens is 1. The smallest absolute Gasteiger partial charge is 0.309 e. The molecule has 1 fully saturated rings. The van der Waals surface area contributed by atoms with Crippen LogP contribution < -0.4 is 5.32 Å². The van der Waals surface area contributed by atoms with Crippen LogP contribution in [0, 0.1) is 12.8 Å². The van der Waals surface area contributed by atoms with E-state index in [4.69, 9.17) is 21.1 Å². The third-order valence-electron chi connectivity index (χ3n) is 6.06. The van der Waals surface area contributed by atoms with Gasteiger partial charge in [-0.25, -0.2) is 4.98 Å². The summed E-state index contributed by atoms with van der Waals surface area (Å²) in [5, 5.41) is 3.86. The summed E-state index contributed by atoms with van der Waals surface area (Å²) in [6, 6.07) is 7.73. The van der Waals surface area contributed by atoms with Crippen LogP contribution in [0.3, 0.4) is 0 Å². The zero-order valence-electron chi connectivity index (χ0n) is 20.3. The molecule has 3 heterocycles. The maximum atomic E-state index is 13.4. The van der Waals surface area contributed by atoms with Crippen LogP contribution >= 0.6 is 22.9 Å². The maximum absolute atomic E-state index is 13.4. The molecule has 9 heteroatoms. The summed E-state index contributed by atoms with van der Waals surface area (Å²) in [6.45, 7) is 4.68. The highest BCUT2D eigenvalue weighted by Crippen LogP contribution is 2.32. The Bertz CT molecular complexity index is 1530. The number of amides is 1. The normalized spacial score (nSPS) is 17.1. The summed E-state index contributed by atoms with van der Waals surface area (Å²) in [5.41, 5.74) is 7.24. The Hall–Kier alpha value is -3.71. The summed E-state index contributed by atoms with van der Waals surface area (Å²) >= 11 is 7.71. The van der Waals surface area contributed by atoms with Crippen molar-refractivity contribution in [2.75, 3.05) is 18.5 Å². The minimum Gasteiger partial charge on any atom is -0.493 e. The third-order valence-corrected chi connectivity index (χ3v) is 7.21. The van der Waals surface area contributed by atoms with Crippen molar-refractivity contribution in [1.82, 2.24) is 9.97 Å². The molecular weight excluding hydrogens is 510 g/mol. The van der Waals surface area contributed by atoms with Crippen molar-refractivity contribution in [3.8, 4) is 0 Å². The number of benzene rings is 1. The minimum atomic E-state index is -0.343. The highest BCUT2D eigenvalue weighted by Gasteiger charge is 2.26. The van der Waals surface area contributed by atoms with Crippen molar-refractivity contribution in [1.29, 1.82) is 0 Å². The van der Waals surface area contributed by atoms with E-state index in [0.717, 1.165) is 27.9 Å². The Balaban J connectivity index is 1.44. The lowest BCUT2D eigenvalue weighted by atomic mass is 9.98. The molecule has 1 amide bonds. The average Bonchev–Trinajstić information content (AvgIpc) is 3.41. The number of pyridine rings is 1. The highest BCUT2D eigenvalue weighted by atomic mass is 35.5. The van der Waals surface area contributed by atoms with Gasteiger partial charge in [-0.15, -0.1) is 5.73 Å². The lowest BCUT2D eigenvalue weighted by Crippen LogP contribution is -2.15. The van der Waals surface area contributed by atoms with Crippen LogP contribution in [0.5, 0.6) is 0 Å². The Labute approximate surface area is 223 Å². The molecule has 0 radical (unpaired) electrons. The summed E-state index contributed by atoms with van der Waals surface area (Å²) in [6.07, 6.45) is 8.02. The van der Waals surface area contributed by atoms with E-state index in [1.807, 2.05) is 38.1 Å². The summed E-state index contributed by atoms with van der Waals surface area (Å²) in [4.78, 5) is 34.2. The van der Waals surface area contributed by atoms with Gasteiger partial charge in [0.1, 0.15) is 5.76 Å². The van der Waals surface area contributed by atoms with Crippen molar-refractivity contribution in [3.05, 3.63) is 87.6 Å². The second-order valence-corrected chi connectivity index (χ2v) is 10.2. The van der Waals surface area contributed by atoms with E-state index < -0.39 is 0 Å². The number of aromatic nitrogens is 2. The number of carbonyl (C=O) groups excluding carboxylic acids is 2. The monoisotopic (exact) mass is 533 g/mol. The van der Waals surface area contributed by atoms with Crippen molar-refractivity contribution < 1.29 is 19.1 Å². The average molecular weight is 534 g/mol. The standard InChI is InChI=1S/C28H24ClN3O4S/c1-3-35-24-6-4-5-19(29)14-21(24)20-11-16(2)30-15-22(20)26(33)32-28-31-23-8-7-17(13-25(23)37-28)12-18-9-10-36-27(18)34/h5-8,11,13-15,18H,3,9-10,12H2,1-2H3,(H,31,32,33). The number of aryl methyl sites for hydroxylation is 1. The number of esters is 1. The molecule has 5 rings (SSSR count). The zero-order chi connectivity index (χ0) is 25.9. The summed E-state index contributed by atoms with van der Waals surface area (Å²) in [7, 11) is 0. The molecule has 1 aliphatic heterocycles. The quantitative estimate of drug-likeness (QED) is 0.298. The fourth-order valence-electron chi connectivity index (χ4n) is 4.30. The topological polar surface area (TPSA) is 90.4 Å². The number of thiazole rings is 1. The molecule has 7 nitrogen and oxygen atoms in total. The molecule has 3 aromatic rings. The van der Waals surface area contributed by atoms with Crippen molar-refractivity contribution in [3.63, 3.8) is 0 Å². The Kier molecular flexibility index (Phi) is 7.24. The van der Waals surface area contributed by atoms with Crippen molar-refractivity contribution >= 4 is 55.7 Å². The second kappa shape index (κ2) is 10.7. The molecule has 0 saturated carbocycles. The maximum Gasteiger partial charge on any atom is 0.309 e. The number of cyclic esters (lactones) is 1. The van der Waals surface area contributed by atoms with E-state index >= 15 is 0 Å². The largest absolute Gasteiger partial charge is 0.493 e. The van der Waals surface area contributed by atoms with Crippen LogP contribution in [-0.2, 0) is 20.7 Å². The molecule has 188 valence electrons. The number of nitrogens with one attached hydrogen (secondary N) is 1. The van der Waals surface area contributed by atoms with E-state index in [1.54, 1.807) is 24.4 Å². The molecule has 0 bridgehead atoms. The number of nitrogens with zero attached hydrogens (tertiary/aromatic N) is 2. The van der Waals surface area contributed by atoms with E-state index in [9.17, 15) is 9.59 Å². The molecule has 1 atom stereocenters. The van der Waals surface area contributed by atoms with Crippen LogP contribution in [0.15, 0.2) is 65.2 Å². The summed E-state index contributed by atoms with van der Waals surface area (Å²) in [5.74, 6) is -0.0275. The van der Waals surface area contributed by atoms with Gasteiger partial charge in [-0.1, -0.05) is 29.0 Å². The SMILES string of the molecule is CCOC1=C(c2cc(C)ncc2C(=O)Nc2nc3ccc(CC4CCOC4=O)cc3s2)C=C(Cl)C=C=C1. The predicted molar refractivity (Wildman–Crippen MR) is 144 cm³/mol. The van der Waals surface area contributed by atoms with Gasteiger partial charge < -0.3 is 9.47 Å². The highest BCUT2D eigenvalue weighted by molar-refractivity contribution is 7.22. The van der Waals surface area contributed by atoms with E-state index in [2.05, 4.69) is 21.0 Å². The number of anilines is 1. The number of ether oxygens (including phenoxy) is 2. The van der Waals surface area contributed by atoms with Gasteiger partial charge in [-0.2, -0.15) is 0 Å². The van der Waals surface area contributed by atoms with Gasteiger partial charge in [-0.3, -0.25) is 19.9 Å². The van der Waals surface area contributed by atoms with E-state index in [1.165, 1.54) is 11.3 Å². The van der Waals surface area contributed by atoms with Crippen molar-refractivity contribution in [2.45, 2.75) is 26.7 Å². The molecule has 1 aliphatic carbocycles. The fraction of sp³-hybridized carbons (Fsp3) is 0.250. The molecule has 1 saturated heterocycles. The van der Waals surface area contributed by atoms with Crippen LogP contribution in [0.25, 0.3) is 15.8 Å². The first-order valence-electron chi connectivity index (χ1n) is 11.9. The first-order chi connectivity index (χ1) is 17.9. The molecular formula is C28H24ClN3O4S. The van der Waals surface area contributed by atoms with Gasteiger partial charge in [0.15, 0.2) is 5.13 Å². The van der Waals surface area contributed by atoms with Crippen LogP contribution in [-0.4, -0.2) is 35.1 Å². The van der Waals surface area contributed by atoms with Crippen LogP contribution in [0.4, 0.5) is 5.13 Å². The van der Waals surface area contributed by atoms with Crippen LogP contribution in [0.1, 0.15) is 40.5 Å². The Morgan fingerprint density at radius 2 is 2.19 bits per heavy atom. The van der Waals surface area contributed by atoms with Gasteiger partial charge in [0.2, 0.25) is 0 Å². The predicted octanol–water partition coefficient (Wildman–Crippen LogP) is 5.95. The van der Waals surface area contributed by atoms with Gasteiger partial charge in [0.05, 0.1) is 34.9 Å². The van der Waals surface area contributed by atoms with Crippen LogP contribution in [0.2, 0.25) is 0 Å². The first-order valence-corrected chi connectivity index (χ1v) is 13.1. The Morgan fingerprint density at radius 3 is 2.97 bits per heavy atom. The molecule has 2 aliphatic rings. The van der Waals surface area contributed by atoms with Crippen molar-refractivity contribution in [2.24, 2.45) is 5.92 Å². The minimum absolute atomic E-state index is 0.107. The number of hydrogen-bond donors (Lipinski definition) is 1. The molecule has 37 heavy (non-hydrogen) atoms. The molecule has 0 spiro atoms. The lowest BCUT2D eigenvalue weighted by Gasteiger charge is -2.14. The number of allylic oxidation sites excluding steroid dienone is 4. The molecule has 2 aromatic heterocycles. The number of fused-ring (bicyclic) bond motifs is 1. The first kappa shape index (κ1) is 25.0. The molecule has 1 unspecified atom stereocenters. The number of hydrogen-bond acceptors (Lipinski definition) is 7. The third kappa shape index (κ3) is 5.52. The van der Waals surface area contributed by atoms with Gasteiger partial charge >= 0.3 is 5.97 Å². The summed E-state index contributed by atoms with van der Waals surface area (Å²) < 4.78 is 11.8. The van der Waals surface area contributed by atoms with Gasteiger partial charge in [-0.05, 0) is 62.6 Å². The number of rotatable bonds is 7. The van der Waals surface area contributed by atoms with E-state index in [-0.39, 0.29) is 17.8 Å². The second-order valence-electron chi connectivity index (χ2n) is 8.70. The Morgan fingerprint density at radius 1 is 1.32 bits per heavy atom. The van der Waals surface area contributed by atoms with Gasteiger partial charge in [0, 0.05) is 34.1 Å². The lowest BCUT2D eigenvalue weighted by molar-refractivity contribution is -0.141. The number of carbonyl (C=O) groups is 2. The zero-order valence-corrected chi connectivity index (χ0v) is 21.9.